The van der Waals surface area contributed by atoms with E-state index in [2.05, 4.69) is 63.6 Å². The van der Waals surface area contributed by atoms with E-state index in [-0.39, 0.29) is 17.0 Å². The van der Waals surface area contributed by atoms with Gasteiger partial charge in [-0.1, -0.05) is 42.5 Å². The van der Waals surface area contributed by atoms with Gasteiger partial charge in [-0.3, -0.25) is 9.69 Å². The van der Waals surface area contributed by atoms with Crippen LogP contribution in [0.2, 0.25) is 0 Å². The minimum Gasteiger partial charge on any atom is -0.339 e. The van der Waals surface area contributed by atoms with Crippen LogP contribution >= 0.6 is 0 Å². The fraction of sp³-hybridized carbons (Fsp3) is 0.474. The van der Waals surface area contributed by atoms with Crippen molar-refractivity contribution in [3.63, 3.8) is 0 Å². The zero-order chi connectivity index (χ0) is 33.9. The summed E-state index contributed by atoms with van der Waals surface area (Å²) in [5.41, 5.74) is 3.26. The largest absolute Gasteiger partial charge is 0.339 e. The van der Waals surface area contributed by atoms with Crippen LogP contribution in [0.25, 0.3) is 11.0 Å². The molecule has 4 fully saturated rings. The number of sulfonamides is 1. The molecule has 4 aliphatic rings. The number of aromatic nitrogens is 2. The molecule has 1 aromatic heterocycles. The molecule has 49 heavy (non-hydrogen) atoms. The normalized spacial score (nSPS) is 24.1. The quantitative estimate of drug-likeness (QED) is 0.217. The molecule has 1 N–H and O–H groups in total. The second kappa shape index (κ2) is 12.6. The van der Waals surface area contributed by atoms with Crippen LogP contribution in [0.5, 0.6) is 0 Å². The van der Waals surface area contributed by atoms with E-state index < -0.39 is 32.5 Å². The highest BCUT2D eigenvalue weighted by Crippen LogP contribution is 2.45. The van der Waals surface area contributed by atoms with Gasteiger partial charge in [0, 0.05) is 42.8 Å². The average molecular weight is 688 g/mol. The Labute approximate surface area is 286 Å². The van der Waals surface area contributed by atoms with Crippen molar-refractivity contribution in [2.75, 3.05) is 19.6 Å². The van der Waals surface area contributed by atoms with E-state index in [4.69, 9.17) is 4.98 Å². The Kier molecular flexibility index (Phi) is 8.35. The molecular formula is C38H43F2N5O3S. The minimum absolute atomic E-state index is 0.137. The van der Waals surface area contributed by atoms with E-state index >= 15 is 0 Å². The van der Waals surface area contributed by atoms with Gasteiger partial charge in [0.2, 0.25) is 10.0 Å². The lowest BCUT2D eigenvalue weighted by Crippen LogP contribution is -2.49. The number of para-hydroxylation sites is 2. The van der Waals surface area contributed by atoms with Gasteiger partial charge in [-0.05, 0) is 106 Å². The summed E-state index contributed by atoms with van der Waals surface area (Å²) in [7, 11) is -4.29. The molecule has 3 saturated heterocycles. The predicted octanol–water partition coefficient (Wildman–Crippen LogP) is 6.50. The van der Waals surface area contributed by atoms with Crippen molar-refractivity contribution >= 4 is 27.0 Å². The molecule has 1 amide bonds. The van der Waals surface area contributed by atoms with Gasteiger partial charge in [-0.2, -0.15) is 0 Å². The number of nitrogens with one attached hydrogen (secondary N) is 1. The maximum Gasteiger partial charge on any atom is 0.254 e. The standard InChI is InChI=1S/C38H43F2N5O3S/c1-25-41-33-9-5-6-10-34(33)45(25)31-23-29-13-14-30(24-31)44(29)20-17-38(27-7-3-2-4-8-27)15-18-43(19-16-38)37(46)26-21-32(39)36(40)35(22-26)49(47,48)42-28-11-12-28/h2-10,21-22,28-31,42H,11-20,23-24H2,1H3/t29-,30+,31+. The maximum atomic E-state index is 14.7. The molecule has 0 spiro atoms. The van der Waals surface area contributed by atoms with Crippen molar-refractivity contribution in [3.8, 4) is 0 Å². The van der Waals surface area contributed by atoms with Gasteiger partial charge in [-0.25, -0.2) is 26.9 Å². The van der Waals surface area contributed by atoms with Gasteiger partial charge in [0.1, 0.15) is 10.7 Å². The van der Waals surface area contributed by atoms with Gasteiger partial charge in [0.25, 0.3) is 5.91 Å². The molecule has 1 aliphatic carbocycles. The number of rotatable bonds is 9. The van der Waals surface area contributed by atoms with Crippen LogP contribution in [0.4, 0.5) is 8.78 Å². The zero-order valence-electron chi connectivity index (χ0n) is 27.8. The average Bonchev–Trinajstić information content (AvgIpc) is 3.79. The molecular weight excluding hydrogens is 645 g/mol. The number of hydrogen-bond donors (Lipinski definition) is 1. The Morgan fingerprint density at radius 1 is 0.918 bits per heavy atom. The number of imidazole rings is 1. The number of piperidine rings is 2. The first-order valence-electron chi connectivity index (χ1n) is 17.7. The molecule has 0 radical (unpaired) electrons. The first-order valence-corrected chi connectivity index (χ1v) is 19.2. The number of fused-ring (bicyclic) bond motifs is 3. The predicted molar refractivity (Wildman–Crippen MR) is 184 cm³/mol. The second-order valence-corrected chi connectivity index (χ2v) is 16.3. The summed E-state index contributed by atoms with van der Waals surface area (Å²) in [6.07, 6.45) is 8.36. The minimum atomic E-state index is -4.29. The Balaban J connectivity index is 0.977. The molecule has 3 aromatic carbocycles. The van der Waals surface area contributed by atoms with Crippen molar-refractivity contribution in [1.82, 2.24) is 24.1 Å². The fourth-order valence-electron chi connectivity index (χ4n) is 8.95. The number of carbonyl (C=O) groups is 1. The third kappa shape index (κ3) is 6.08. The molecule has 1 saturated carbocycles. The summed E-state index contributed by atoms with van der Waals surface area (Å²) >= 11 is 0. The smallest absolute Gasteiger partial charge is 0.254 e. The topological polar surface area (TPSA) is 87.5 Å². The van der Waals surface area contributed by atoms with Crippen molar-refractivity contribution in [2.24, 2.45) is 0 Å². The van der Waals surface area contributed by atoms with Crippen LogP contribution in [-0.2, 0) is 15.4 Å². The van der Waals surface area contributed by atoms with Crippen molar-refractivity contribution < 1.29 is 22.0 Å². The molecule has 0 unspecified atom stereocenters. The van der Waals surface area contributed by atoms with Crippen LogP contribution in [0.15, 0.2) is 71.6 Å². The third-order valence-corrected chi connectivity index (χ3v) is 13.2. The number of likely N-dealkylation sites (tertiary alicyclic amines) is 1. The highest BCUT2D eigenvalue weighted by atomic mass is 32.2. The number of benzene rings is 3. The monoisotopic (exact) mass is 687 g/mol. The molecule has 11 heteroatoms. The molecule has 4 heterocycles. The lowest BCUT2D eigenvalue weighted by molar-refractivity contribution is 0.0606. The summed E-state index contributed by atoms with van der Waals surface area (Å²) in [6, 6.07) is 22.0. The van der Waals surface area contributed by atoms with E-state index in [1.54, 1.807) is 4.90 Å². The van der Waals surface area contributed by atoms with Gasteiger partial charge in [0.15, 0.2) is 11.6 Å². The third-order valence-electron chi connectivity index (χ3n) is 11.7. The van der Waals surface area contributed by atoms with Crippen molar-refractivity contribution in [3.05, 3.63) is 95.3 Å². The van der Waals surface area contributed by atoms with Gasteiger partial charge >= 0.3 is 0 Å². The summed E-state index contributed by atoms with van der Waals surface area (Å²) in [5, 5.41) is 0. The summed E-state index contributed by atoms with van der Waals surface area (Å²) in [4.78, 5) is 22.1. The molecule has 3 aliphatic heterocycles. The van der Waals surface area contributed by atoms with E-state index in [1.165, 1.54) is 23.9 Å². The van der Waals surface area contributed by atoms with Gasteiger partial charge in [0.05, 0.1) is 11.0 Å². The zero-order valence-corrected chi connectivity index (χ0v) is 28.6. The molecule has 8 nitrogen and oxygen atoms in total. The van der Waals surface area contributed by atoms with Crippen LogP contribution in [0.1, 0.15) is 85.6 Å². The van der Waals surface area contributed by atoms with Crippen molar-refractivity contribution in [2.45, 2.75) is 99.2 Å². The Bertz CT molecular complexity index is 1970. The lowest BCUT2D eigenvalue weighted by Gasteiger charge is -2.45. The van der Waals surface area contributed by atoms with Crippen LogP contribution in [0, 0.1) is 18.6 Å². The second-order valence-electron chi connectivity index (χ2n) is 14.6. The first-order chi connectivity index (χ1) is 23.6. The van der Waals surface area contributed by atoms with Crippen LogP contribution in [-0.4, -0.2) is 71.4 Å². The van der Waals surface area contributed by atoms with E-state index in [0.717, 1.165) is 62.1 Å². The highest BCUT2D eigenvalue weighted by molar-refractivity contribution is 7.89. The summed E-state index contributed by atoms with van der Waals surface area (Å²) in [6.45, 7) is 3.98. The number of nitrogens with zero attached hydrogens (tertiary/aromatic N) is 4. The van der Waals surface area contributed by atoms with Gasteiger partial charge < -0.3 is 9.47 Å². The highest BCUT2D eigenvalue weighted by Gasteiger charge is 2.44. The molecule has 3 atom stereocenters. The Morgan fingerprint density at radius 3 is 2.29 bits per heavy atom. The van der Waals surface area contributed by atoms with Crippen molar-refractivity contribution in [1.29, 1.82) is 0 Å². The maximum absolute atomic E-state index is 14.7. The van der Waals surface area contributed by atoms with E-state index in [0.29, 0.717) is 44.1 Å². The number of carbonyl (C=O) groups excluding carboxylic acids is 1. The van der Waals surface area contributed by atoms with E-state index in [1.807, 2.05) is 12.1 Å². The molecule has 2 bridgehead atoms. The van der Waals surface area contributed by atoms with E-state index in [9.17, 15) is 22.0 Å². The number of halogens is 2. The fourth-order valence-corrected chi connectivity index (χ4v) is 10.4. The lowest BCUT2D eigenvalue weighted by atomic mass is 9.70. The molecule has 4 aromatic rings. The molecule has 8 rings (SSSR count). The summed E-state index contributed by atoms with van der Waals surface area (Å²) in [5.74, 6) is -2.20. The molecule has 258 valence electrons. The Hall–Kier alpha value is -3.67. The SMILES string of the molecule is Cc1nc2ccccc2n1[C@H]1C[C@H]2CC[C@@H](C1)N2CCC1(c2ccccc2)CCN(C(=O)c2cc(F)c(F)c(S(=O)(=O)NC3CC3)c2)CC1. The van der Waals surface area contributed by atoms with Gasteiger partial charge in [-0.15, -0.1) is 0 Å². The van der Waals surface area contributed by atoms with Crippen LogP contribution < -0.4 is 4.72 Å². The number of amides is 1. The number of hydrogen-bond acceptors (Lipinski definition) is 5. The summed E-state index contributed by atoms with van der Waals surface area (Å²) < 4.78 is 59.8. The van der Waals surface area contributed by atoms with Crippen LogP contribution in [0.3, 0.4) is 0 Å². The first kappa shape index (κ1) is 32.5. The Morgan fingerprint density at radius 2 is 1.59 bits per heavy atom. The number of aryl methyl sites for hydroxylation is 1.